The number of aldehydes is 4. The van der Waals surface area contributed by atoms with Gasteiger partial charge in [0.05, 0.1) is 56.9 Å². The second kappa shape index (κ2) is 37.5. The summed E-state index contributed by atoms with van der Waals surface area (Å²) in [5.41, 5.74) is -4.85. The van der Waals surface area contributed by atoms with E-state index in [4.69, 9.17) is 121 Å². The molecule has 0 spiro atoms. The van der Waals surface area contributed by atoms with Gasteiger partial charge in [-0.05, 0) is 72.8 Å². The quantitative estimate of drug-likeness (QED) is 0.0179. The third-order valence-corrected chi connectivity index (χ3v) is 24.8. The number of halogens is 8. The zero-order chi connectivity index (χ0) is 98.5. The van der Waals surface area contributed by atoms with Crippen LogP contribution in [0.4, 0.5) is 35.1 Å². The molecule has 60 heteroatoms. The van der Waals surface area contributed by atoms with E-state index in [0.717, 1.165) is 85.3 Å². The molecule has 20 atom stereocenters. The molecule has 12 N–H and O–H groups in total. The first-order valence-corrected chi connectivity index (χ1v) is 42.7. The summed E-state index contributed by atoms with van der Waals surface area (Å²) < 4.78 is 294. The Balaban J connectivity index is 0.000000152. The minimum Gasteiger partial charge on any atom is -0.404 e. The van der Waals surface area contributed by atoms with Gasteiger partial charge in [0.15, 0.2) is 50.0 Å². The van der Waals surface area contributed by atoms with Crippen LogP contribution in [0.25, 0.3) is 0 Å². The van der Waals surface area contributed by atoms with Gasteiger partial charge in [0.25, 0.3) is 23.4 Å². The molecule has 4 aromatic carbocycles. The summed E-state index contributed by atoms with van der Waals surface area (Å²) >= 11 is 19.1. The summed E-state index contributed by atoms with van der Waals surface area (Å²) in [5, 5.41) is 82.2. The van der Waals surface area contributed by atoms with E-state index in [9.17, 15) is 115 Å². The number of benzene rings is 4. The Morgan fingerprint density at radius 1 is 0.398 bits per heavy atom. The maximum Gasteiger partial charge on any atom is 0.530 e. The number of phosphoric acid groups is 4. The number of H-pyrrole nitrogens is 4. The molecule has 8 aromatic rings. The predicted octanol–water partition coefficient (Wildman–Crippen LogP) is 6.03. The van der Waals surface area contributed by atoms with E-state index in [2.05, 4.69) is 24.0 Å². The largest absolute Gasteiger partial charge is 0.530 e. The molecule has 8 aliphatic heterocycles. The van der Waals surface area contributed by atoms with Crippen molar-refractivity contribution in [2.75, 3.05) is 26.3 Å². The fourth-order valence-corrected chi connectivity index (χ4v) is 17.3. The summed E-state index contributed by atoms with van der Waals surface area (Å²) in [6, 6.07) is 12.6. The van der Waals surface area contributed by atoms with Crippen LogP contribution >= 0.6 is 80.2 Å². The monoisotopic (exact) mass is 1970 g/mol. The van der Waals surface area contributed by atoms with Crippen molar-refractivity contribution in [3.63, 3.8) is 0 Å². The van der Waals surface area contributed by atoms with Crippen molar-refractivity contribution < 1.29 is 195 Å². The first kappa shape index (κ1) is 88.0. The Bertz CT molecular complexity index is 6810. The van der Waals surface area contributed by atoms with Crippen LogP contribution in [-0.4, -0.2) is 203 Å². The highest BCUT2D eigenvalue weighted by Gasteiger charge is 2.62. The Labute approximate surface area is 733 Å². The summed E-state index contributed by atoms with van der Waals surface area (Å²) in [6.45, 7) is -12.2. The Hall–Kier alpha value is -9.28. The SMILES string of the molecule is O=Cc1cn([C@@H]2O[C@](F)(COP3(=O)OCc4cc(F)ccc4O3)[C@@H](O)[C@H]2O)c(=O)[nH]c1=S.[2H]C([2H])(OP1(=O)OCc2cc(F)ccc2O1)[C@@]1(F)O[C@@H](n2cc(C=O)c(=S)[nH]c2=O)[C@H](O)[C@@H]1O.[2H]C([2H])(OP1(=O)OCc2cc(F)ccc2O1)[C@@]1(F)O[C@@]([2H])(n2cc(C=O)c(=S)[nH]c2=O)[C@H](O)[C@@H]1O.[2H][C@@]1(n2cc(C=O)c(=S)[nH]c2=O)O[C@](F)(COP2(=O)OCc3cc(F)ccc3O2)[C@@H](O)[C@H]1O. The van der Waals surface area contributed by atoms with E-state index in [-0.39, 0.29) is 116 Å². The van der Waals surface area contributed by atoms with Crippen LogP contribution in [0.5, 0.6) is 23.0 Å². The minimum atomic E-state index is -4.97. The van der Waals surface area contributed by atoms with Gasteiger partial charge in [-0.15, -0.1) is 0 Å². The van der Waals surface area contributed by atoms with Crippen molar-refractivity contribution >= 4 is 105 Å². The smallest absolute Gasteiger partial charge is 0.404 e. The van der Waals surface area contributed by atoms with Gasteiger partial charge in [-0.3, -0.25) is 93.6 Å². The number of hydrogen-bond donors (Lipinski definition) is 12. The lowest BCUT2D eigenvalue weighted by molar-refractivity contribution is -0.205. The van der Waals surface area contributed by atoms with Gasteiger partial charge in [0, 0.05) is 47.0 Å². The number of ether oxygens (including phenoxy) is 4. The summed E-state index contributed by atoms with van der Waals surface area (Å²) in [6.07, 6.45) is -25.5. The van der Waals surface area contributed by atoms with E-state index in [1.165, 1.54) is 6.07 Å². The van der Waals surface area contributed by atoms with Crippen molar-refractivity contribution in [3.05, 3.63) is 226 Å². The lowest BCUT2D eigenvalue weighted by Crippen LogP contribution is -2.43. The van der Waals surface area contributed by atoms with Crippen LogP contribution in [0.3, 0.4) is 0 Å². The number of aliphatic hydroxyl groups is 8. The van der Waals surface area contributed by atoms with Crippen LogP contribution < -0.4 is 40.9 Å². The van der Waals surface area contributed by atoms with Crippen LogP contribution in [-0.2, 0) is 99.8 Å². The molecule has 4 saturated heterocycles. The van der Waals surface area contributed by atoms with Crippen LogP contribution in [0.15, 0.2) is 117 Å². The maximum absolute atomic E-state index is 15.8. The van der Waals surface area contributed by atoms with Crippen LogP contribution in [0, 0.1) is 41.8 Å². The molecule has 4 aromatic heterocycles. The van der Waals surface area contributed by atoms with Gasteiger partial charge < -0.3 is 77.9 Å². The number of aliphatic hydroxyl groups excluding tert-OH is 8. The standard InChI is InChI=1S/4C17H15F2N2O9PS/c4*18-10-1-2-11-8(3-10)6-27-31(26,30-11)28-7-17(19)13(24)12(23)15(29-17)21-4-9(5-22)14(32)20-16(21)25/h4*1-5,12-13,15,23-24H,6-7H2,(H,20,25,32)/t4*12-,13+,15-,17-,31?/m1111/s1/i7D2,15D;15D;7D2;. The van der Waals surface area contributed by atoms with E-state index in [1.807, 2.05) is 4.98 Å². The highest BCUT2D eigenvalue weighted by atomic mass is 32.1. The number of aromatic nitrogens is 8. The van der Waals surface area contributed by atoms with E-state index < -0.39 is 221 Å². The highest BCUT2D eigenvalue weighted by molar-refractivity contribution is 7.72. The van der Waals surface area contributed by atoms with Crippen molar-refractivity contribution in [1.29, 1.82) is 0 Å². The molecule has 128 heavy (non-hydrogen) atoms. The molecule has 0 radical (unpaired) electrons. The summed E-state index contributed by atoms with van der Waals surface area (Å²) in [7, 11) is -18.7. The number of aromatic amines is 4. The average Bonchev–Trinajstić information content (AvgIpc) is 1.56. The first-order chi connectivity index (χ1) is 62.4. The average molecular weight is 1980 g/mol. The number of nitrogens with zero attached hydrogens (tertiary/aromatic N) is 4. The molecule has 4 unspecified atom stereocenters. The van der Waals surface area contributed by atoms with Crippen LogP contribution in [0.2, 0.25) is 0 Å². The third kappa shape index (κ3) is 20.1. The molecule has 16 rings (SSSR count). The van der Waals surface area contributed by atoms with Gasteiger partial charge >= 0.3 is 54.0 Å². The number of phosphoric ester groups is 4. The number of carbonyl (C=O) groups is 4. The Morgan fingerprint density at radius 2 is 0.641 bits per heavy atom. The molecule has 12 heterocycles. The second-order valence-electron chi connectivity index (χ2n) is 27.0. The fourth-order valence-electron chi connectivity index (χ4n) is 11.9. The number of alkyl halides is 4. The number of fused-ring (bicyclic) bond motifs is 4. The topological polar surface area (TPSA) is 597 Å². The van der Waals surface area contributed by atoms with E-state index >= 15 is 17.6 Å². The molecule has 0 amide bonds. The minimum absolute atomic E-state index is 0.00724. The van der Waals surface area contributed by atoms with Crippen molar-refractivity contribution in [2.45, 2.75) is 124 Å². The summed E-state index contributed by atoms with van der Waals surface area (Å²) in [5.74, 6) is -17.5. The van der Waals surface area contributed by atoms with Crippen molar-refractivity contribution in [2.24, 2.45) is 0 Å². The van der Waals surface area contributed by atoms with Crippen LogP contribution in [0.1, 0.15) is 96.8 Å². The molecular weight excluding hydrogens is 1910 g/mol. The lowest BCUT2D eigenvalue weighted by Gasteiger charge is -2.28. The normalized spacial score (nSPS) is 33.8. The zero-order valence-electron chi connectivity index (χ0n) is 68.8. The molecule has 0 saturated carbocycles. The number of nitrogens with one attached hydrogen (secondary N) is 4. The van der Waals surface area contributed by atoms with Crippen molar-refractivity contribution in [3.8, 4) is 23.0 Å². The molecular formula is C68H60F8N8O36P4S4. The maximum atomic E-state index is 15.8. The van der Waals surface area contributed by atoms with E-state index in [1.54, 1.807) is 0 Å². The Kier molecular flexibility index (Phi) is 25.8. The number of hydrogen-bond acceptors (Lipinski definition) is 40. The Morgan fingerprint density at radius 3 is 0.953 bits per heavy atom. The lowest BCUT2D eigenvalue weighted by atomic mass is 10.1. The van der Waals surface area contributed by atoms with Gasteiger partial charge in [0.1, 0.15) is 140 Å². The van der Waals surface area contributed by atoms with Gasteiger partial charge in [-0.2, -0.15) is 0 Å². The molecule has 8 aliphatic rings. The molecule has 4 fully saturated rings. The van der Waals surface area contributed by atoms with Gasteiger partial charge in [-0.25, -0.2) is 72.6 Å². The summed E-state index contributed by atoms with van der Waals surface area (Å²) in [4.78, 5) is 102. The fraction of sp³-hybridized carbons (Fsp3) is 0.353. The van der Waals surface area contributed by atoms with E-state index in [0.29, 0.717) is 26.2 Å². The number of rotatable bonds is 20. The predicted molar refractivity (Wildman–Crippen MR) is 410 cm³/mol. The second-order valence-corrected chi connectivity index (χ2v) is 34.9. The zero-order valence-corrected chi connectivity index (χ0v) is 69.6. The third-order valence-electron chi connectivity index (χ3n) is 18.5. The van der Waals surface area contributed by atoms with Gasteiger partial charge in [0.2, 0.25) is 0 Å². The molecule has 0 bridgehead atoms. The highest BCUT2D eigenvalue weighted by Crippen LogP contribution is 2.60. The number of carbonyl (C=O) groups excluding carboxylic acids is 4. The molecule has 688 valence electrons. The first-order valence-electron chi connectivity index (χ1n) is 38.2. The van der Waals surface area contributed by atoms with Gasteiger partial charge in [-0.1, -0.05) is 48.9 Å². The molecule has 0 aliphatic carbocycles. The molecule has 44 nitrogen and oxygen atoms in total. The van der Waals surface area contributed by atoms with Crippen molar-refractivity contribution in [1.82, 2.24) is 38.2 Å².